The number of nitrogens with two attached hydrogens (primary N) is 1. The van der Waals surface area contributed by atoms with E-state index in [1.165, 1.54) is 0 Å². The fourth-order valence-electron chi connectivity index (χ4n) is 2.65. The van der Waals surface area contributed by atoms with Gasteiger partial charge in [-0.1, -0.05) is 36.5 Å². The number of methoxy groups -OCH3 is 1. The van der Waals surface area contributed by atoms with Crippen LogP contribution in [0.25, 0.3) is 0 Å². The standard InChI is InChI=1S/C14H20N2O3S2/c1-19-12-7-6-11(8-12)16-21(17,18)9-10-4-2-3-5-13(10)14(15)20/h2-5,11-12,16H,6-9H2,1H3,(H2,15,20). The minimum absolute atomic E-state index is 0.0584. The molecule has 0 aromatic heterocycles. The van der Waals surface area contributed by atoms with Crippen LogP contribution in [0.1, 0.15) is 30.4 Å². The van der Waals surface area contributed by atoms with E-state index in [0.717, 1.165) is 12.8 Å². The molecule has 1 fully saturated rings. The summed E-state index contributed by atoms with van der Waals surface area (Å²) in [7, 11) is -1.77. The average molecular weight is 328 g/mol. The molecule has 1 aliphatic rings. The summed E-state index contributed by atoms with van der Waals surface area (Å²) in [4.78, 5) is 0.209. The molecule has 0 heterocycles. The number of hydrogen-bond donors (Lipinski definition) is 2. The van der Waals surface area contributed by atoms with Crippen LogP contribution in [0.15, 0.2) is 24.3 Å². The summed E-state index contributed by atoms with van der Waals surface area (Å²) >= 11 is 4.96. The molecule has 1 aromatic carbocycles. The lowest BCUT2D eigenvalue weighted by molar-refractivity contribution is 0.107. The quantitative estimate of drug-likeness (QED) is 0.770. The van der Waals surface area contributed by atoms with Crippen LogP contribution in [-0.4, -0.2) is 32.7 Å². The zero-order valence-electron chi connectivity index (χ0n) is 11.9. The molecule has 3 N–H and O–H groups in total. The summed E-state index contributed by atoms with van der Waals surface area (Å²) in [5.74, 6) is -0.116. The Hall–Kier alpha value is -1.02. The lowest BCUT2D eigenvalue weighted by Gasteiger charge is -2.14. The third-order valence-electron chi connectivity index (χ3n) is 3.69. The van der Waals surface area contributed by atoms with E-state index in [1.807, 2.05) is 0 Å². The first-order chi connectivity index (χ1) is 9.91. The minimum atomic E-state index is -3.43. The highest BCUT2D eigenvalue weighted by atomic mass is 32.2. The molecule has 21 heavy (non-hydrogen) atoms. The van der Waals surface area contributed by atoms with Crippen LogP contribution in [0.3, 0.4) is 0 Å². The number of nitrogens with one attached hydrogen (secondary N) is 1. The molecule has 1 saturated carbocycles. The molecule has 116 valence electrons. The van der Waals surface area contributed by atoms with Gasteiger partial charge in [0.1, 0.15) is 4.99 Å². The van der Waals surface area contributed by atoms with Gasteiger partial charge in [-0.05, 0) is 24.8 Å². The van der Waals surface area contributed by atoms with Crippen molar-refractivity contribution < 1.29 is 13.2 Å². The molecule has 0 aliphatic heterocycles. The minimum Gasteiger partial charge on any atom is -0.389 e. The largest absolute Gasteiger partial charge is 0.389 e. The van der Waals surface area contributed by atoms with E-state index in [2.05, 4.69) is 4.72 Å². The van der Waals surface area contributed by atoms with Gasteiger partial charge in [-0.2, -0.15) is 0 Å². The molecule has 5 nitrogen and oxygen atoms in total. The van der Waals surface area contributed by atoms with Crippen LogP contribution in [-0.2, 0) is 20.5 Å². The van der Waals surface area contributed by atoms with Crippen LogP contribution in [0.2, 0.25) is 0 Å². The second-order valence-corrected chi connectivity index (χ2v) is 7.46. The molecule has 0 spiro atoms. The number of sulfonamides is 1. The summed E-state index contributed by atoms with van der Waals surface area (Å²) in [5.41, 5.74) is 6.87. The van der Waals surface area contributed by atoms with Crippen LogP contribution < -0.4 is 10.5 Å². The van der Waals surface area contributed by atoms with Gasteiger partial charge in [0.05, 0.1) is 11.9 Å². The van der Waals surface area contributed by atoms with Crippen molar-refractivity contribution >= 4 is 27.2 Å². The van der Waals surface area contributed by atoms with Crippen LogP contribution in [0.5, 0.6) is 0 Å². The van der Waals surface area contributed by atoms with E-state index in [1.54, 1.807) is 31.4 Å². The van der Waals surface area contributed by atoms with E-state index < -0.39 is 10.0 Å². The van der Waals surface area contributed by atoms with Gasteiger partial charge in [-0.3, -0.25) is 0 Å². The van der Waals surface area contributed by atoms with Gasteiger partial charge in [-0.25, -0.2) is 13.1 Å². The fourth-order valence-corrected chi connectivity index (χ4v) is 4.31. The fraction of sp³-hybridized carbons (Fsp3) is 0.500. The van der Waals surface area contributed by atoms with Gasteiger partial charge in [0, 0.05) is 18.7 Å². The zero-order chi connectivity index (χ0) is 15.5. The number of benzene rings is 1. The molecule has 0 bridgehead atoms. The molecule has 2 rings (SSSR count). The topological polar surface area (TPSA) is 81.4 Å². The Morgan fingerprint density at radius 1 is 1.43 bits per heavy atom. The maximum Gasteiger partial charge on any atom is 0.216 e. The first-order valence-electron chi connectivity index (χ1n) is 6.82. The number of hydrogen-bond acceptors (Lipinski definition) is 4. The predicted molar refractivity (Wildman–Crippen MR) is 86.5 cm³/mol. The maximum absolute atomic E-state index is 12.3. The monoisotopic (exact) mass is 328 g/mol. The van der Waals surface area contributed by atoms with Crippen molar-refractivity contribution in [1.82, 2.24) is 4.72 Å². The summed E-state index contributed by atoms with van der Waals surface area (Å²) in [6, 6.07) is 6.99. The Labute approximate surface area is 130 Å². The number of ether oxygens (including phenoxy) is 1. The van der Waals surface area contributed by atoms with Crippen LogP contribution in [0, 0.1) is 0 Å². The van der Waals surface area contributed by atoms with Crippen molar-refractivity contribution in [1.29, 1.82) is 0 Å². The highest BCUT2D eigenvalue weighted by Crippen LogP contribution is 2.22. The lowest BCUT2D eigenvalue weighted by atomic mass is 10.1. The first-order valence-corrected chi connectivity index (χ1v) is 8.88. The highest BCUT2D eigenvalue weighted by molar-refractivity contribution is 7.88. The van der Waals surface area contributed by atoms with Gasteiger partial charge in [0.15, 0.2) is 0 Å². The Bertz CT molecular complexity index is 616. The van der Waals surface area contributed by atoms with Gasteiger partial charge < -0.3 is 10.5 Å². The summed E-state index contributed by atoms with van der Waals surface area (Å²) in [6.45, 7) is 0. The smallest absolute Gasteiger partial charge is 0.216 e. The van der Waals surface area contributed by atoms with Gasteiger partial charge in [0.25, 0.3) is 0 Å². The zero-order valence-corrected chi connectivity index (χ0v) is 13.5. The molecule has 0 amide bonds. The van der Waals surface area contributed by atoms with E-state index in [-0.39, 0.29) is 22.9 Å². The van der Waals surface area contributed by atoms with E-state index in [9.17, 15) is 8.42 Å². The molecule has 0 radical (unpaired) electrons. The molecule has 2 unspecified atom stereocenters. The summed E-state index contributed by atoms with van der Waals surface area (Å²) in [5, 5.41) is 0. The van der Waals surface area contributed by atoms with Crippen molar-refractivity contribution in [3.05, 3.63) is 35.4 Å². The average Bonchev–Trinajstić information content (AvgIpc) is 2.85. The van der Waals surface area contributed by atoms with Gasteiger partial charge in [0.2, 0.25) is 10.0 Å². The number of thiocarbonyl (C=S) groups is 1. The predicted octanol–water partition coefficient (Wildman–Crippen LogP) is 1.31. The van der Waals surface area contributed by atoms with Crippen molar-refractivity contribution in [3.8, 4) is 0 Å². The third kappa shape index (κ3) is 4.47. The molecular weight excluding hydrogens is 308 g/mol. The second kappa shape index (κ2) is 6.83. The molecule has 7 heteroatoms. The van der Waals surface area contributed by atoms with Crippen LogP contribution >= 0.6 is 12.2 Å². The Kier molecular flexibility index (Phi) is 5.32. The molecular formula is C14H20N2O3S2. The first kappa shape index (κ1) is 16.4. The Balaban J connectivity index is 2.06. The Morgan fingerprint density at radius 3 is 2.76 bits per heavy atom. The van der Waals surface area contributed by atoms with E-state index in [4.69, 9.17) is 22.7 Å². The van der Waals surface area contributed by atoms with E-state index >= 15 is 0 Å². The number of rotatable bonds is 6. The molecule has 1 aromatic rings. The van der Waals surface area contributed by atoms with Gasteiger partial charge >= 0.3 is 0 Å². The van der Waals surface area contributed by atoms with Crippen molar-refractivity contribution in [2.75, 3.05) is 7.11 Å². The molecule has 1 aliphatic carbocycles. The second-order valence-electron chi connectivity index (χ2n) is 5.27. The van der Waals surface area contributed by atoms with Gasteiger partial charge in [-0.15, -0.1) is 0 Å². The van der Waals surface area contributed by atoms with Crippen molar-refractivity contribution in [3.63, 3.8) is 0 Å². The lowest BCUT2D eigenvalue weighted by Crippen LogP contribution is -2.34. The summed E-state index contributed by atoms with van der Waals surface area (Å²) in [6.07, 6.45) is 2.54. The Morgan fingerprint density at radius 2 is 2.14 bits per heavy atom. The van der Waals surface area contributed by atoms with E-state index in [0.29, 0.717) is 17.5 Å². The SMILES string of the molecule is COC1CCC(NS(=O)(=O)Cc2ccccc2C(N)=S)C1. The molecule has 2 atom stereocenters. The summed E-state index contributed by atoms with van der Waals surface area (Å²) < 4.78 is 32.6. The van der Waals surface area contributed by atoms with Crippen LogP contribution in [0.4, 0.5) is 0 Å². The third-order valence-corrected chi connectivity index (χ3v) is 5.30. The van der Waals surface area contributed by atoms with Crippen molar-refractivity contribution in [2.24, 2.45) is 5.73 Å². The molecule has 0 saturated heterocycles. The normalized spacial score (nSPS) is 22.3. The van der Waals surface area contributed by atoms with Crippen molar-refractivity contribution in [2.45, 2.75) is 37.2 Å². The maximum atomic E-state index is 12.3. The highest BCUT2D eigenvalue weighted by Gasteiger charge is 2.28.